The highest BCUT2D eigenvalue weighted by Gasteiger charge is 2.52. The van der Waals surface area contributed by atoms with Gasteiger partial charge in [-0.25, -0.2) is 9.97 Å². The van der Waals surface area contributed by atoms with Crippen LogP contribution in [0.15, 0.2) is 55.1 Å². The first-order valence-electron chi connectivity index (χ1n) is 20.6. The number of carbonyl (C=O) groups is 4. The first kappa shape index (κ1) is 40.1. The van der Waals surface area contributed by atoms with Gasteiger partial charge >= 0.3 is 6.18 Å². The predicted octanol–water partition coefficient (Wildman–Crippen LogP) is 7.69. The van der Waals surface area contributed by atoms with Crippen molar-refractivity contribution in [1.29, 1.82) is 0 Å². The molecule has 12 nitrogen and oxygen atoms in total. The summed E-state index contributed by atoms with van der Waals surface area (Å²) >= 11 is 1.58. The molecule has 2 aliphatic carbocycles. The van der Waals surface area contributed by atoms with E-state index >= 15 is 0 Å². The maximum absolute atomic E-state index is 13.6. The second kappa shape index (κ2) is 15.6. The van der Waals surface area contributed by atoms with E-state index in [0.717, 1.165) is 96.9 Å². The van der Waals surface area contributed by atoms with Crippen molar-refractivity contribution in [2.75, 3.05) is 43.9 Å². The van der Waals surface area contributed by atoms with Crippen molar-refractivity contribution in [2.45, 2.75) is 75.9 Å². The van der Waals surface area contributed by atoms with Gasteiger partial charge in [0.15, 0.2) is 0 Å². The van der Waals surface area contributed by atoms with Crippen LogP contribution in [-0.4, -0.2) is 82.7 Å². The molecule has 1 spiro atoms. The highest BCUT2D eigenvalue weighted by molar-refractivity contribution is 7.18. The number of pyridine rings is 1. The Labute approximate surface area is 349 Å². The lowest BCUT2D eigenvalue weighted by Crippen LogP contribution is -2.63. The Morgan fingerprint density at radius 1 is 1.00 bits per heavy atom. The van der Waals surface area contributed by atoms with Gasteiger partial charge in [0.1, 0.15) is 23.2 Å². The van der Waals surface area contributed by atoms with E-state index in [-0.39, 0.29) is 30.3 Å². The van der Waals surface area contributed by atoms with Crippen LogP contribution in [0.1, 0.15) is 101 Å². The van der Waals surface area contributed by atoms with Crippen LogP contribution in [0, 0.1) is 17.3 Å². The molecule has 2 aromatic heterocycles. The van der Waals surface area contributed by atoms with Crippen LogP contribution in [0.25, 0.3) is 15.9 Å². The zero-order chi connectivity index (χ0) is 41.9. The predicted molar refractivity (Wildman–Crippen MR) is 221 cm³/mol. The van der Waals surface area contributed by atoms with Gasteiger partial charge in [-0.3, -0.25) is 29.4 Å². The minimum Gasteiger partial charge on any atom is -0.494 e. The van der Waals surface area contributed by atoms with Gasteiger partial charge in [-0.15, -0.1) is 11.3 Å². The lowest BCUT2D eigenvalue weighted by molar-refractivity contribution is -0.141. The van der Waals surface area contributed by atoms with Gasteiger partial charge in [0.05, 0.1) is 33.6 Å². The summed E-state index contributed by atoms with van der Waals surface area (Å²) in [7, 11) is 1.47. The number of anilines is 2. The fourth-order valence-corrected chi connectivity index (χ4v) is 11.3. The van der Waals surface area contributed by atoms with Crippen molar-refractivity contribution in [2.24, 2.45) is 17.3 Å². The van der Waals surface area contributed by atoms with E-state index in [4.69, 9.17) is 9.72 Å². The van der Waals surface area contributed by atoms with Crippen LogP contribution in [-0.2, 0) is 15.8 Å². The molecule has 2 saturated heterocycles. The van der Waals surface area contributed by atoms with Gasteiger partial charge < -0.3 is 20.3 Å². The summed E-state index contributed by atoms with van der Waals surface area (Å²) < 4.78 is 45.9. The molecule has 5 heterocycles. The van der Waals surface area contributed by atoms with Crippen LogP contribution in [0.4, 0.5) is 24.5 Å². The number of imide groups is 1. The number of nitrogens with one attached hydrogen (secondary N) is 3. The number of alkyl halides is 3. The molecule has 1 unspecified atom stereocenters. The topological polar surface area (TPSA) is 146 Å². The minimum atomic E-state index is -4.66. The summed E-state index contributed by atoms with van der Waals surface area (Å²) in [4.78, 5) is 63.2. The first-order chi connectivity index (χ1) is 28.8. The molecule has 2 aromatic carbocycles. The SMILES string of the molecule is C=C1c2cccc(NCCC3CC4(C3)CN(C[C@H]3CC[C@H](c5nc6cc(OC)c(NC(=O)c7cccc(C(F)(F)F)n7)cc6s5)CC3)C4)c2C(=O)N1C1CCC(=O)NC1=O. The number of nitrogens with zero attached hydrogens (tertiary/aromatic N) is 4. The Balaban J connectivity index is 0.719. The number of halogens is 3. The van der Waals surface area contributed by atoms with Crippen molar-refractivity contribution in [3.05, 3.63) is 82.6 Å². The molecule has 3 aliphatic heterocycles. The number of hydrogen-bond acceptors (Lipinski definition) is 10. The number of likely N-dealkylation sites (tertiary alicyclic amines) is 1. The number of ether oxygens (including phenoxy) is 1. The smallest absolute Gasteiger partial charge is 0.433 e. The van der Waals surface area contributed by atoms with Crippen LogP contribution in [0.5, 0.6) is 5.75 Å². The van der Waals surface area contributed by atoms with E-state index < -0.39 is 29.7 Å². The Hall–Kier alpha value is -5.35. The zero-order valence-corrected chi connectivity index (χ0v) is 34.0. The highest BCUT2D eigenvalue weighted by atomic mass is 32.1. The monoisotopic (exact) mass is 841 g/mol. The van der Waals surface area contributed by atoms with Crippen LogP contribution >= 0.6 is 11.3 Å². The maximum atomic E-state index is 13.6. The average molecular weight is 842 g/mol. The van der Waals surface area contributed by atoms with Crippen LogP contribution in [0.3, 0.4) is 0 Å². The molecule has 60 heavy (non-hydrogen) atoms. The lowest BCUT2D eigenvalue weighted by Gasteiger charge is -2.60. The number of carbonyl (C=O) groups excluding carboxylic acids is 4. The van der Waals surface area contributed by atoms with Crippen molar-refractivity contribution in [1.82, 2.24) is 25.1 Å². The number of thiazole rings is 1. The normalized spacial score (nSPS) is 23.0. The van der Waals surface area contributed by atoms with E-state index in [1.54, 1.807) is 23.5 Å². The van der Waals surface area contributed by atoms with Crippen LogP contribution in [0.2, 0.25) is 0 Å². The Morgan fingerprint density at radius 3 is 2.50 bits per heavy atom. The minimum absolute atomic E-state index is 0.191. The van der Waals surface area contributed by atoms with Gasteiger partial charge in [-0.05, 0) is 92.9 Å². The zero-order valence-electron chi connectivity index (χ0n) is 33.2. The molecule has 5 aliphatic rings. The van der Waals surface area contributed by atoms with Gasteiger partial charge in [-0.2, -0.15) is 13.2 Å². The van der Waals surface area contributed by atoms with Gasteiger partial charge in [0.2, 0.25) is 11.8 Å². The molecular formula is C44H46F3N7O5S. The summed E-state index contributed by atoms with van der Waals surface area (Å²) in [6, 6.07) is 11.7. The molecule has 4 amide bonds. The summed E-state index contributed by atoms with van der Waals surface area (Å²) in [5.74, 6) is 0.211. The van der Waals surface area contributed by atoms with E-state index in [1.165, 1.54) is 30.9 Å². The van der Waals surface area contributed by atoms with Crippen LogP contribution < -0.4 is 20.7 Å². The van der Waals surface area contributed by atoms with Gasteiger partial charge in [0, 0.05) is 61.5 Å². The average Bonchev–Trinajstić information content (AvgIpc) is 3.73. The largest absolute Gasteiger partial charge is 0.494 e. The Morgan fingerprint density at radius 2 is 1.77 bits per heavy atom. The number of fused-ring (bicyclic) bond motifs is 2. The highest BCUT2D eigenvalue weighted by Crippen LogP contribution is 2.53. The molecule has 9 rings (SSSR count). The number of aromatic nitrogens is 2. The fourth-order valence-electron chi connectivity index (χ4n) is 10.1. The Kier molecular flexibility index (Phi) is 10.4. The van der Waals surface area contributed by atoms with Crippen molar-refractivity contribution in [3.8, 4) is 5.75 Å². The molecule has 16 heteroatoms. The molecule has 1 atom stereocenters. The second-order valence-electron chi connectivity index (χ2n) is 17.1. The first-order valence-corrected chi connectivity index (χ1v) is 21.4. The van der Waals surface area contributed by atoms with Gasteiger partial charge in [0.25, 0.3) is 11.8 Å². The molecular weight excluding hydrogens is 796 g/mol. The lowest BCUT2D eigenvalue weighted by atomic mass is 9.57. The fraction of sp³-hybridized carbons (Fsp3) is 0.455. The molecule has 0 bridgehead atoms. The molecule has 2 saturated carbocycles. The number of benzene rings is 2. The van der Waals surface area contributed by atoms with Crippen molar-refractivity contribution >= 4 is 62.3 Å². The molecule has 3 N–H and O–H groups in total. The third kappa shape index (κ3) is 7.63. The van der Waals surface area contributed by atoms with E-state index in [1.807, 2.05) is 18.2 Å². The summed E-state index contributed by atoms with van der Waals surface area (Å²) in [5.41, 5.74) is 2.56. The van der Waals surface area contributed by atoms with Crippen molar-refractivity contribution in [3.63, 3.8) is 0 Å². The van der Waals surface area contributed by atoms with E-state index in [0.29, 0.717) is 45.9 Å². The maximum Gasteiger partial charge on any atom is 0.433 e. The third-order valence-electron chi connectivity index (χ3n) is 13.0. The van der Waals surface area contributed by atoms with Gasteiger partial charge in [-0.1, -0.05) is 24.8 Å². The number of piperidine rings is 1. The van der Waals surface area contributed by atoms with Crippen molar-refractivity contribution < 1.29 is 37.1 Å². The summed E-state index contributed by atoms with van der Waals surface area (Å²) in [6.45, 7) is 8.30. The Bertz CT molecular complexity index is 2400. The second-order valence-corrected chi connectivity index (χ2v) is 18.2. The molecule has 0 radical (unpaired) electrons. The molecule has 314 valence electrons. The third-order valence-corrected chi connectivity index (χ3v) is 14.2. The number of methoxy groups -OCH3 is 1. The van der Waals surface area contributed by atoms with E-state index in [9.17, 15) is 32.3 Å². The summed E-state index contributed by atoms with van der Waals surface area (Å²) in [5, 5.41) is 9.57. The quantitative estimate of drug-likeness (QED) is 0.130. The molecule has 4 fully saturated rings. The number of rotatable bonds is 11. The summed E-state index contributed by atoms with van der Waals surface area (Å²) in [6.07, 6.45) is 3.66. The standard InChI is InChI=1S/C44H46F3N7O5S/c1-24-28-5-3-6-29(38(28)42(58)54(24)33-13-14-37(55)52-40(33)57)48-16-15-26-19-43(20-26)22-53(23-43)21-25-9-11-27(12-10-25)41-51-32-17-34(59-2)31(18-35(32)60-41)50-39(56)30-7-4-8-36(49-30)44(45,46)47/h3-8,17-18,25-27,33,48H,1,9-16,19-23H2,2H3,(H,50,56)(H,52,55,57)/t25-,27-,33?. The number of amides is 4. The molecule has 4 aromatic rings. The van der Waals surface area contributed by atoms with E-state index in [2.05, 4.69) is 32.4 Å². The number of hydrogen-bond donors (Lipinski definition) is 3.